The zero-order chi connectivity index (χ0) is 20.0. The molecule has 2 aromatic carbocycles. The molecule has 0 atom stereocenters. The molecule has 1 amide bonds. The lowest BCUT2D eigenvalue weighted by molar-refractivity contribution is 0.102. The Bertz CT molecular complexity index is 907. The van der Waals surface area contributed by atoms with Crippen molar-refractivity contribution >= 4 is 37.5 Å². The van der Waals surface area contributed by atoms with Crippen LogP contribution in [0, 0.1) is 6.92 Å². The molecule has 0 aliphatic carbocycles. The molecule has 0 saturated carbocycles. The van der Waals surface area contributed by atoms with Crippen LogP contribution in [-0.2, 0) is 10.0 Å². The fourth-order valence-corrected chi connectivity index (χ4v) is 4.91. The highest BCUT2D eigenvalue weighted by atomic mass is 79.9. The maximum absolute atomic E-state index is 12.9. The molecule has 0 heterocycles. The molecule has 146 valence electrons. The molecule has 0 aromatic heterocycles. The molecule has 0 unspecified atom stereocenters. The van der Waals surface area contributed by atoms with Crippen LogP contribution in [0.25, 0.3) is 0 Å². The first kappa shape index (κ1) is 21.6. The van der Waals surface area contributed by atoms with Gasteiger partial charge in [0.05, 0.1) is 4.90 Å². The summed E-state index contributed by atoms with van der Waals surface area (Å²) in [5, 5.41) is 2.84. The van der Waals surface area contributed by atoms with Crippen molar-refractivity contribution < 1.29 is 13.2 Å². The van der Waals surface area contributed by atoms with Crippen LogP contribution >= 0.6 is 15.9 Å². The van der Waals surface area contributed by atoms with E-state index in [1.165, 1.54) is 16.4 Å². The van der Waals surface area contributed by atoms with Crippen LogP contribution in [-0.4, -0.2) is 31.7 Å². The van der Waals surface area contributed by atoms with Gasteiger partial charge >= 0.3 is 0 Å². The Labute approximate surface area is 170 Å². The Morgan fingerprint density at radius 2 is 1.74 bits per heavy atom. The minimum atomic E-state index is -3.62. The zero-order valence-electron chi connectivity index (χ0n) is 15.8. The lowest BCUT2D eigenvalue weighted by atomic mass is 10.1. The summed E-state index contributed by atoms with van der Waals surface area (Å²) in [4.78, 5) is 12.8. The third kappa shape index (κ3) is 5.40. The van der Waals surface area contributed by atoms with Gasteiger partial charge in [-0.1, -0.05) is 35.8 Å². The first-order valence-electron chi connectivity index (χ1n) is 8.97. The van der Waals surface area contributed by atoms with Crippen molar-refractivity contribution in [2.45, 2.75) is 38.5 Å². The third-order valence-corrected chi connectivity index (χ3v) is 6.50. The van der Waals surface area contributed by atoms with E-state index < -0.39 is 10.0 Å². The molecule has 2 rings (SSSR count). The molecular weight excluding hydrogens is 428 g/mol. The van der Waals surface area contributed by atoms with Crippen molar-refractivity contribution in [3.63, 3.8) is 0 Å². The highest BCUT2D eigenvalue weighted by Crippen LogP contribution is 2.22. The number of nitrogens with one attached hydrogen (secondary N) is 1. The number of rotatable bonds is 8. The molecule has 0 spiro atoms. The normalized spacial score (nSPS) is 11.6. The molecule has 1 N–H and O–H groups in total. The SMILES string of the molecule is CCCN(CCC)S(=O)(=O)c1cccc(C(=O)Nc2ccc(Br)cc2C)c1. The molecule has 5 nitrogen and oxygen atoms in total. The fourth-order valence-electron chi connectivity index (χ4n) is 2.76. The number of nitrogens with zero attached hydrogens (tertiary/aromatic N) is 1. The topological polar surface area (TPSA) is 66.5 Å². The lowest BCUT2D eigenvalue weighted by Crippen LogP contribution is -2.32. The van der Waals surface area contributed by atoms with Crippen molar-refractivity contribution in [1.82, 2.24) is 4.31 Å². The molecule has 7 heteroatoms. The highest BCUT2D eigenvalue weighted by Gasteiger charge is 2.24. The van der Waals surface area contributed by atoms with Crippen molar-refractivity contribution in [1.29, 1.82) is 0 Å². The number of hydrogen-bond donors (Lipinski definition) is 1. The molecule has 0 saturated heterocycles. The van der Waals surface area contributed by atoms with E-state index in [1.54, 1.807) is 12.1 Å². The Kier molecular flexibility index (Phi) is 7.59. The Morgan fingerprint density at radius 3 is 2.33 bits per heavy atom. The Morgan fingerprint density at radius 1 is 1.07 bits per heavy atom. The van der Waals surface area contributed by atoms with Crippen molar-refractivity contribution in [3.8, 4) is 0 Å². The van der Waals surface area contributed by atoms with Crippen LogP contribution in [0.2, 0.25) is 0 Å². The van der Waals surface area contributed by atoms with E-state index in [1.807, 2.05) is 39.0 Å². The maximum Gasteiger partial charge on any atom is 0.255 e. The summed E-state index contributed by atoms with van der Waals surface area (Å²) in [7, 11) is -3.62. The van der Waals surface area contributed by atoms with E-state index in [9.17, 15) is 13.2 Å². The standard InChI is InChI=1S/C20H25BrN2O3S/c1-4-11-23(12-5-2)27(25,26)18-8-6-7-16(14-18)20(24)22-19-10-9-17(21)13-15(19)3/h6-10,13-14H,4-5,11-12H2,1-3H3,(H,22,24). The van der Waals surface area contributed by atoms with Crippen LogP contribution in [0.15, 0.2) is 51.8 Å². The maximum atomic E-state index is 12.9. The second-order valence-electron chi connectivity index (χ2n) is 6.35. The van der Waals surface area contributed by atoms with Gasteiger partial charge in [0, 0.05) is 28.8 Å². The zero-order valence-corrected chi connectivity index (χ0v) is 18.2. The average Bonchev–Trinajstić information content (AvgIpc) is 2.64. The van der Waals surface area contributed by atoms with E-state index in [-0.39, 0.29) is 10.8 Å². The third-order valence-electron chi connectivity index (χ3n) is 4.12. The molecule has 0 aliphatic rings. The number of halogens is 1. The first-order chi connectivity index (χ1) is 12.8. The number of sulfonamides is 1. The quantitative estimate of drug-likeness (QED) is 0.623. The van der Waals surface area contributed by atoms with E-state index >= 15 is 0 Å². The van der Waals surface area contributed by atoms with Gasteiger partial charge in [0.25, 0.3) is 5.91 Å². The van der Waals surface area contributed by atoms with E-state index in [2.05, 4.69) is 21.2 Å². The van der Waals surface area contributed by atoms with Crippen LogP contribution in [0.4, 0.5) is 5.69 Å². The summed E-state index contributed by atoms with van der Waals surface area (Å²) in [5.74, 6) is -0.338. The number of benzene rings is 2. The van der Waals surface area contributed by atoms with E-state index in [0.717, 1.165) is 22.9 Å². The summed E-state index contributed by atoms with van der Waals surface area (Å²) in [6, 6.07) is 11.8. The van der Waals surface area contributed by atoms with Gasteiger partial charge < -0.3 is 5.32 Å². The fraction of sp³-hybridized carbons (Fsp3) is 0.350. The molecule has 2 aromatic rings. The van der Waals surface area contributed by atoms with E-state index in [0.29, 0.717) is 24.3 Å². The van der Waals surface area contributed by atoms with Gasteiger partial charge in [0.15, 0.2) is 0 Å². The van der Waals surface area contributed by atoms with Gasteiger partial charge in [-0.25, -0.2) is 8.42 Å². The Hall–Kier alpha value is -1.70. The van der Waals surface area contributed by atoms with Crippen molar-refractivity contribution in [3.05, 3.63) is 58.1 Å². The summed E-state index contributed by atoms with van der Waals surface area (Å²) in [6.07, 6.45) is 1.48. The van der Waals surface area contributed by atoms with Gasteiger partial charge in [0.2, 0.25) is 10.0 Å². The minimum absolute atomic E-state index is 0.143. The summed E-state index contributed by atoms with van der Waals surface area (Å²) in [6.45, 7) is 6.72. The van der Waals surface area contributed by atoms with Gasteiger partial charge in [-0.2, -0.15) is 4.31 Å². The number of aryl methyl sites for hydroxylation is 1. The summed E-state index contributed by atoms with van der Waals surface area (Å²) >= 11 is 3.39. The smallest absolute Gasteiger partial charge is 0.255 e. The number of amides is 1. The van der Waals surface area contributed by atoms with Gasteiger partial charge in [-0.3, -0.25) is 4.79 Å². The number of hydrogen-bond acceptors (Lipinski definition) is 3. The molecule has 0 fully saturated rings. The number of carbonyl (C=O) groups is 1. The molecule has 27 heavy (non-hydrogen) atoms. The first-order valence-corrected chi connectivity index (χ1v) is 11.2. The second-order valence-corrected chi connectivity index (χ2v) is 9.20. The highest BCUT2D eigenvalue weighted by molar-refractivity contribution is 9.10. The van der Waals surface area contributed by atoms with Crippen LogP contribution < -0.4 is 5.32 Å². The number of carbonyl (C=O) groups excluding carboxylic acids is 1. The van der Waals surface area contributed by atoms with Gasteiger partial charge in [-0.05, 0) is 61.7 Å². The largest absolute Gasteiger partial charge is 0.322 e. The Balaban J connectivity index is 2.29. The second kappa shape index (κ2) is 9.48. The van der Waals surface area contributed by atoms with E-state index in [4.69, 9.17) is 0 Å². The molecule has 0 bridgehead atoms. The molecule has 0 aliphatic heterocycles. The van der Waals surface area contributed by atoms with Crippen molar-refractivity contribution in [2.24, 2.45) is 0 Å². The molecule has 0 radical (unpaired) electrons. The van der Waals surface area contributed by atoms with Crippen LogP contribution in [0.3, 0.4) is 0 Å². The monoisotopic (exact) mass is 452 g/mol. The lowest BCUT2D eigenvalue weighted by Gasteiger charge is -2.21. The minimum Gasteiger partial charge on any atom is -0.322 e. The average molecular weight is 453 g/mol. The molecular formula is C20H25BrN2O3S. The van der Waals surface area contributed by atoms with Crippen LogP contribution in [0.5, 0.6) is 0 Å². The van der Waals surface area contributed by atoms with Gasteiger partial charge in [-0.15, -0.1) is 0 Å². The van der Waals surface area contributed by atoms with Gasteiger partial charge in [0.1, 0.15) is 0 Å². The summed E-state index contributed by atoms with van der Waals surface area (Å²) < 4.78 is 28.3. The van der Waals surface area contributed by atoms with Crippen molar-refractivity contribution in [2.75, 3.05) is 18.4 Å². The predicted molar refractivity (Wildman–Crippen MR) is 113 cm³/mol. The van der Waals surface area contributed by atoms with Crippen LogP contribution in [0.1, 0.15) is 42.6 Å². The summed E-state index contributed by atoms with van der Waals surface area (Å²) in [5.41, 5.74) is 1.92. The number of anilines is 1. The predicted octanol–water partition coefficient (Wildman–Crippen LogP) is 4.82.